The van der Waals surface area contributed by atoms with E-state index in [2.05, 4.69) is 10.3 Å². The van der Waals surface area contributed by atoms with Gasteiger partial charge in [0.2, 0.25) is 5.91 Å². The number of pyridine rings is 1. The van der Waals surface area contributed by atoms with Crippen LogP contribution in [0.4, 0.5) is 0 Å². The number of carbonyl (C=O) groups is 3. The molecular weight excluding hydrogens is 591 g/mol. The molecule has 1 N–H and O–H groups in total. The van der Waals surface area contributed by atoms with Crippen LogP contribution in [0.15, 0.2) is 126 Å². The lowest BCUT2D eigenvalue weighted by Gasteiger charge is -2.49. The lowest BCUT2D eigenvalue weighted by atomic mass is 10.0. The van der Waals surface area contributed by atoms with E-state index in [0.717, 1.165) is 33.6 Å². The highest BCUT2D eigenvalue weighted by molar-refractivity contribution is 8.06. The number of ether oxygens (including phenoxy) is 1. The third-order valence-corrected chi connectivity index (χ3v) is 10.0. The van der Waals surface area contributed by atoms with Gasteiger partial charge < -0.3 is 10.1 Å². The fourth-order valence-electron chi connectivity index (χ4n) is 5.28. The Morgan fingerprint density at radius 3 is 2.18 bits per heavy atom. The Hall–Kier alpha value is -4.34. The van der Waals surface area contributed by atoms with Crippen molar-refractivity contribution in [1.82, 2.24) is 15.2 Å². The average Bonchev–Trinajstić information content (AvgIpc) is 3.07. The van der Waals surface area contributed by atoms with Crippen LogP contribution in [0.2, 0.25) is 0 Å². The van der Waals surface area contributed by atoms with Crippen molar-refractivity contribution in [3.8, 4) is 0 Å². The molecule has 7 nitrogen and oxygen atoms in total. The molecular formula is C35H31N3O4S2. The second-order valence-electron chi connectivity index (χ2n) is 10.5. The van der Waals surface area contributed by atoms with Crippen LogP contribution in [0.25, 0.3) is 0 Å². The van der Waals surface area contributed by atoms with Crippen LogP contribution in [0.5, 0.6) is 0 Å². The Balaban J connectivity index is 1.24. The Labute approximate surface area is 265 Å². The highest BCUT2D eigenvalue weighted by atomic mass is 32.2. The highest BCUT2D eigenvalue weighted by Crippen LogP contribution is 2.44. The maximum atomic E-state index is 14.1. The molecule has 0 bridgehead atoms. The number of aromatic nitrogens is 1. The van der Waals surface area contributed by atoms with Gasteiger partial charge in [-0.15, -0.1) is 23.5 Å². The molecule has 0 saturated carbocycles. The van der Waals surface area contributed by atoms with Crippen LogP contribution in [-0.4, -0.2) is 50.6 Å². The minimum atomic E-state index is -0.708. The van der Waals surface area contributed by atoms with Gasteiger partial charge in [-0.1, -0.05) is 97.1 Å². The highest BCUT2D eigenvalue weighted by Gasteiger charge is 2.54. The second-order valence-corrected chi connectivity index (χ2v) is 12.8. The fourth-order valence-corrected chi connectivity index (χ4v) is 7.92. The summed E-state index contributed by atoms with van der Waals surface area (Å²) in [6, 6.07) is 31.8. The third-order valence-electron chi connectivity index (χ3n) is 7.47. The Morgan fingerprint density at radius 2 is 1.55 bits per heavy atom. The largest absolute Gasteiger partial charge is 0.448 e. The molecule has 3 aromatic carbocycles. The van der Waals surface area contributed by atoms with Crippen molar-refractivity contribution in [2.45, 2.75) is 30.4 Å². The minimum absolute atomic E-state index is 0.179. The second kappa shape index (κ2) is 14.0. The summed E-state index contributed by atoms with van der Waals surface area (Å²) >= 11 is 3.11. The smallest absolute Gasteiger partial charge is 0.356 e. The number of hydrogen-bond donors (Lipinski definition) is 1. The van der Waals surface area contributed by atoms with E-state index in [4.69, 9.17) is 4.74 Å². The molecule has 4 aromatic rings. The number of amides is 2. The van der Waals surface area contributed by atoms with E-state index in [-0.39, 0.29) is 29.3 Å². The quantitative estimate of drug-likeness (QED) is 0.174. The van der Waals surface area contributed by atoms with E-state index in [0.29, 0.717) is 11.5 Å². The van der Waals surface area contributed by atoms with Gasteiger partial charge in [0.05, 0.1) is 6.42 Å². The molecule has 0 unspecified atom stereocenters. The van der Waals surface area contributed by atoms with Gasteiger partial charge >= 0.3 is 5.97 Å². The van der Waals surface area contributed by atoms with Crippen molar-refractivity contribution in [2.24, 2.45) is 0 Å². The normalized spacial score (nSPS) is 17.6. The molecule has 9 heteroatoms. The number of fused-ring (bicyclic) bond motifs is 1. The molecule has 3 heterocycles. The van der Waals surface area contributed by atoms with Crippen molar-refractivity contribution in [1.29, 1.82) is 0 Å². The SMILES string of the molecule is O=C(Cc1ccccc1)N[C@@H]1C(=O)N2C(C(=O)OC(c3ccccc3)c3ccccc3)=C(SCCc3cccnc3)CS[C@H]12. The zero-order valence-electron chi connectivity index (χ0n) is 23.9. The molecule has 0 radical (unpaired) electrons. The summed E-state index contributed by atoms with van der Waals surface area (Å²) in [5.41, 5.74) is 3.90. The first-order valence-corrected chi connectivity index (χ1v) is 16.5. The fraction of sp³-hybridized carbons (Fsp3) is 0.200. The first kappa shape index (κ1) is 29.7. The Kier molecular flexibility index (Phi) is 9.43. The van der Waals surface area contributed by atoms with Gasteiger partial charge in [-0.2, -0.15) is 0 Å². The van der Waals surface area contributed by atoms with Gasteiger partial charge in [0, 0.05) is 28.8 Å². The number of thioether (sulfide) groups is 2. The molecule has 222 valence electrons. The van der Waals surface area contributed by atoms with E-state index < -0.39 is 18.1 Å². The van der Waals surface area contributed by atoms with Gasteiger partial charge in [-0.25, -0.2) is 4.79 Å². The molecule has 2 atom stereocenters. The van der Waals surface area contributed by atoms with Gasteiger partial charge in [0.25, 0.3) is 5.91 Å². The van der Waals surface area contributed by atoms with Crippen LogP contribution in [0, 0.1) is 0 Å². The number of β-lactam (4-membered cyclic amide) rings is 1. The molecule has 1 saturated heterocycles. The summed E-state index contributed by atoms with van der Waals surface area (Å²) in [6.45, 7) is 0. The molecule has 44 heavy (non-hydrogen) atoms. The van der Waals surface area contributed by atoms with E-state index >= 15 is 0 Å². The van der Waals surface area contributed by atoms with Crippen LogP contribution in [-0.2, 0) is 32.0 Å². The van der Waals surface area contributed by atoms with Gasteiger partial charge in [0.1, 0.15) is 17.1 Å². The standard InChI is InChI=1S/C35H31N3O4S2/c39-29(21-24-11-4-1-5-12-24)37-30-33(40)38-31(28(23-44-34(30)38)43-20-18-25-13-10-19-36-22-25)35(41)42-32(26-14-6-2-7-15-26)27-16-8-3-9-17-27/h1-17,19,22,30,32,34H,18,20-21,23H2,(H,37,39)/t30-,34-/m1/s1. The van der Waals surface area contributed by atoms with Crippen molar-refractivity contribution >= 4 is 41.3 Å². The topological polar surface area (TPSA) is 88.6 Å². The molecule has 0 aliphatic carbocycles. The van der Waals surface area contributed by atoms with Crippen LogP contribution in [0.1, 0.15) is 28.4 Å². The number of aryl methyl sites for hydroxylation is 1. The van der Waals surface area contributed by atoms with Gasteiger partial charge in [0.15, 0.2) is 6.10 Å². The average molecular weight is 622 g/mol. The first-order chi connectivity index (χ1) is 21.6. The van der Waals surface area contributed by atoms with Crippen molar-refractivity contribution in [3.63, 3.8) is 0 Å². The zero-order chi connectivity index (χ0) is 30.3. The van der Waals surface area contributed by atoms with Gasteiger partial charge in [-0.3, -0.25) is 19.5 Å². The number of esters is 1. The molecule has 0 spiro atoms. The summed E-state index contributed by atoms with van der Waals surface area (Å²) in [6.07, 6.45) is 3.87. The monoisotopic (exact) mass is 621 g/mol. The van der Waals surface area contributed by atoms with Crippen molar-refractivity contribution in [3.05, 3.63) is 148 Å². The maximum Gasteiger partial charge on any atom is 0.356 e. The maximum absolute atomic E-state index is 14.1. The predicted octanol–water partition coefficient (Wildman–Crippen LogP) is 5.54. The number of nitrogens with one attached hydrogen (secondary N) is 1. The summed E-state index contributed by atoms with van der Waals surface area (Å²) in [5, 5.41) is 2.52. The summed E-state index contributed by atoms with van der Waals surface area (Å²) in [4.78, 5) is 47.1. The number of nitrogens with zero attached hydrogens (tertiary/aromatic N) is 2. The lowest BCUT2D eigenvalue weighted by molar-refractivity contribution is -0.154. The summed E-state index contributed by atoms with van der Waals surface area (Å²) in [7, 11) is 0. The van der Waals surface area contributed by atoms with Crippen LogP contribution in [0.3, 0.4) is 0 Å². The minimum Gasteiger partial charge on any atom is -0.448 e. The van der Waals surface area contributed by atoms with E-state index in [1.54, 1.807) is 29.7 Å². The predicted molar refractivity (Wildman–Crippen MR) is 173 cm³/mol. The van der Waals surface area contributed by atoms with Gasteiger partial charge in [-0.05, 0) is 34.7 Å². The number of hydrogen-bond acceptors (Lipinski definition) is 7. The Bertz CT molecular complexity index is 1600. The van der Waals surface area contributed by atoms with Crippen molar-refractivity contribution < 1.29 is 19.1 Å². The number of carbonyl (C=O) groups excluding carboxylic acids is 3. The lowest BCUT2D eigenvalue weighted by Crippen LogP contribution is -2.70. The van der Waals surface area contributed by atoms with Crippen LogP contribution < -0.4 is 5.32 Å². The molecule has 2 aliphatic heterocycles. The molecule has 1 fully saturated rings. The third kappa shape index (κ3) is 6.74. The van der Waals surface area contributed by atoms with Crippen molar-refractivity contribution in [2.75, 3.05) is 11.5 Å². The summed E-state index contributed by atoms with van der Waals surface area (Å²) < 4.78 is 6.24. The summed E-state index contributed by atoms with van der Waals surface area (Å²) in [5.74, 6) is 0.149. The van der Waals surface area contributed by atoms with E-state index in [1.165, 1.54) is 4.90 Å². The number of rotatable bonds is 11. The first-order valence-electron chi connectivity index (χ1n) is 14.4. The zero-order valence-corrected chi connectivity index (χ0v) is 25.5. The Morgan fingerprint density at radius 1 is 0.909 bits per heavy atom. The molecule has 2 amide bonds. The molecule has 2 aliphatic rings. The van der Waals surface area contributed by atoms with E-state index in [1.807, 2.05) is 109 Å². The molecule has 1 aromatic heterocycles. The van der Waals surface area contributed by atoms with E-state index in [9.17, 15) is 14.4 Å². The molecule has 6 rings (SSSR count). The number of benzene rings is 3. The van der Waals surface area contributed by atoms with Crippen LogP contribution >= 0.6 is 23.5 Å².